The second kappa shape index (κ2) is 12.3. The molecule has 0 unspecified atom stereocenters. The number of likely N-dealkylation sites (N-methyl/N-ethyl adjacent to an activating group) is 1. The number of aromatic amines is 1. The van der Waals surface area contributed by atoms with Crippen molar-refractivity contribution in [2.24, 2.45) is 0 Å². The van der Waals surface area contributed by atoms with Gasteiger partial charge in [0.05, 0.1) is 29.3 Å². The Morgan fingerprint density at radius 1 is 1.02 bits per heavy atom. The van der Waals surface area contributed by atoms with Crippen molar-refractivity contribution in [2.45, 2.75) is 44.6 Å². The molecule has 1 aliphatic rings. The molecule has 41 heavy (non-hydrogen) atoms. The third-order valence-electron chi connectivity index (χ3n) is 7.17. The maximum Gasteiger partial charge on any atom is 0.277 e. The van der Waals surface area contributed by atoms with Crippen LogP contribution in [-0.4, -0.2) is 77.2 Å². The highest BCUT2D eigenvalue weighted by atomic mass is 35.5. The van der Waals surface area contributed by atoms with Crippen LogP contribution in [0, 0.1) is 0 Å². The van der Waals surface area contributed by atoms with Crippen molar-refractivity contribution in [3.8, 4) is 17.1 Å². The van der Waals surface area contributed by atoms with Crippen molar-refractivity contribution < 1.29 is 13.2 Å². The van der Waals surface area contributed by atoms with E-state index < -0.39 is 10.0 Å². The minimum Gasteiger partial charge on any atom is -0.493 e. The number of piperazine rings is 1. The van der Waals surface area contributed by atoms with E-state index in [1.165, 1.54) is 4.31 Å². The Hall–Kier alpha value is -3.25. The van der Waals surface area contributed by atoms with Gasteiger partial charge in [-0.05, 0) is 55.8 Å². The summed E-state index contributed by atoms with van der Waals surface area (Å²) < 4.78 is 36.3. The Labute approximate surface area is 245 Å². The second-order valence-electron chi connectivity index (χ2n) is 10.3. The van der Waals surface area contributed by atoms with Crippen LogP contribution in [0.1, 0.15) is 37.9 Å². The van der Waals surface area contributed by atoms with Gasteiger partial charge in [-0.3, -0.25) is 9.48 Å². The Morgan fingerprint density at radius 3 is 2.44 bits per heavy atom. The molecule has 2 aromatic heterocycles. The molecule has 0 radical (unpaired) electrons. The van der Waals surface area contributed by atoms with Crippen molar-refractivity contribution in [3.05, 3.63) is 69.1 Å². The summed E-state index contributed by atoms with van der Waals surface area (Å²) in [6.07, 6.45) is 2.22. The number of sulfonamides is 1. The lowest BCUT2D eigenvalue weighted by Gasteiger charge is -2.31. The Kier molecular flexibility index (Phi) is 8.79. The summed E-state index contributed by atoms with van der Waals surface area (Å²) in [6, 6.07) is 12.2. The number of aryl methyl sites for hydroxylation is 1. The van der Waals surface area contributed by atoms with Crippen molar-refractivity contribution >= 4 is 32.7 Å². The van der Waals surface area contributed by atoms with Gasteiger partial charge >= 0.3 is 0 Å². The molecule has 12 heteroatoms. The van der Waals surface area contributed by atoms with Crippen molar-refractivity contribution in [2.75, 3.05) is 39.8 Å². The number of nitrogens with zero attached hydrogens (tertiary/aromatic N) is 5. The first-order valence-corrected chi connectivity index (χ1v) is 15.7. The molecule has 0 atom stereocenters. The number of aromatic nitrogens is 4. The lowest BCUT2D eigenvalue weighted by atomic mass is 10.1. The third kappa shape index (κ3) is 6.18. The monoisotopic (exact) mass is 598 g/mol. The van der Waals surface area contributed by atoms with Crippen LogP contribution in [0.5, 0.6) is 5.75 Å². The summed E-state index contributed by atoms with van der Waals surface area (Å²) in [7, 11) is -1.77. The van der Waals surface area contributed by atoms with Crippen LogP contribution in [0.2, 0.25) is 5.02 Å². The Morgan fingerprint density at radius 2 is 1.76 bits per heavy atom. The van der Waals surface area contributed by atoms with E-state index in [4.69, 9.17) is 26.4 Å². The lowest BCUT2D eigenvalue weighted by molar-refractivity contribution is 0.222. The molecule has 0 spiro atoms. The molecule has 0 saturated carbocycles. The van der Waals surface area contributed by atoms with Crippen LogP contribution < -0.4 is 10.3 Å². The van der Waals surface area contributed by atoms with Gasteiger partial charge in [0, 0.05) is 31.2 Å². The first-order chi connectivity index (χ1) is 19.7. The van der Waals surface area contributed by atoms with Crippen LogP contribution in [0.3, 0.4) is 0 Å². The minimum absolute atomic E-state index is 0.135. The fourth-order valence-electron chi connectivity index (χ4n) is 4.93. The number of benzene rings is 2. The van der Waals surface area contributed by atoms with Crippen molar-refractivity contribution in [3.63, 3.8) is 0 Å². The maximum atomic E-state index is 13.6. The Balaban J connectivity index is 1.61. The van der Waals surface area contributed by atoms with Gasteiger partial charge < -0.3 is 14.6 Å². The smallest absolute Gasteiger partial charge is 0.277 e. The van der Waals surface area contributed by atoms with Gasteiger partial charge in [-0.1, -0.05) is 44.0 Å². The van der Waals surface area contributed by atoms with Crippen molar-refractivity contribution in [1.29, 1.82) is 0 Å². The highest BCUT2D eigenvalue weighted by Gasteiger charge is 2.29. The zero-order chi connectivity index (χ0) is 29.1. The summed E-state index contributed by atoms with van der Waals surface area (Å²) in [4.78, 5) is 23.6. The predicted octanol–water partition coefficient (Wildman–Crippen LogP) is 4.17. The number of fused-ring (bicyclic) bond motifs is 1. The van der Waals surface area contributed by atoms with Gasteiger partial charge in [-0.15, -0.1) is 0 Å². The van der Waals surface area contributed by atoms with Crippen LogP contribution in [0.4, 0.5) is 0 Å². The Bertz CT molecular complexity index is 1690. The SMILES string of the molecule is CCCOc1ccc(S(=O)(=O)N2CCN(C)CC2)cc1-c1nc2c(CCC)nn(Cc3ccc(Cl)cc3)c2c(=O)[nH]1. The fourth-order valence-corrected chi connectivity index (χ4v) is 6.51. The number of H-pyrrole nitrogens is 1. The second-order valence-corrected chi connectivity index (χ2v) is 12.7. The number of rotatable bonds is 10. The van der Waals surface area contributed by atoms with E-state index in [1.807, 2.05) is 33.0 Å². The normalized spacial score (nSPS) is 15.0. The molecule has 0 bridgehead atoms. The summed E-state index contributed by atoms with van der Waals surface area (Å²) in [6.45, 7) is 7.00. The summed E-state index contributed by atoms with van der Waals surface area (Å²) >= 11 is 6.05. The zero-order valence-electron chi connectivity index (χ0n) is 23.6. The third-order valence-corrected chi connectivity index (χ3v) is 9.31. The minimum atomic E-state index is -3.75. The molecule has 3 heterocycles. The van der Waals surface area contributed by atoms with E-state index in [9.17, 15) is 13.2 Å². The topological polar surface area (TPSA) is 113 Å². The van der Waals surface area contributed by atoms with Crippen LogP contribution in [0.25, 0.3) is 22.4 Å². The van der Waals surface area contributed by atoms with Crippen LogP contribution >= 0.6 is 11.6 Å². The summed E-state index contributed by atoms with van der Waals surface area (Å²) in [5.74, 6) is 0.699. The zero-order valence-corrected chi connectivity index (χ0v) is 25.1. The number of nitrogens with one attached hydrogen (secondary N) is 1. The van der Waals surface area contributed by atoms with E-state index in [0.717, 1.165) is 18.4 Å². The molecule has 1 saturated heterocycles. The molecule has 1 aliphatic heterocycles. The van der Waals surface area contributed by atoms with Gasteiger partial charge in [0.15, 0.2) is 5.52 Å². The number of ether oxygens (including phenoxy) is 1. The standard InChI is InChI=1S/C29H35ClN6O4S/c1-4-6-24-26-27(36(33-24)19-20-7-9-21(30)10-8-20)29(37)32-28(31-26)23-18-22(11-12-25(23)40-17-5-2)41(38,39)35-15-13-34(3)14-16-35/h7-12,18H,4-6,13-17,19H2,1-3H3,(H,31,32,37). The molecule has 5 rings (SSSR count). The largest absolute Gasteiger partial charge is 0.493 e. The maximum absolute atomic E-state index is 13.6. The average Bonchev–Trinajstić information content (AvgIpc) is 3.30. The van der Waals surface area contributed by atoms with Gasteiger partial charge in [0.2, 0.25) is 10.0 Å². The summed E-state index contributed by atoms with van der Waals surface area (Å²) in [5.41, 5.74) is 2.57. The highest BCUT2D eigenvalue weighted by Crippen LogP contribution is 2.32. The van der Waals surface area contributed by atoms with Crippen LogP contribution in [0.15, 0.2) is 52.2 Å². The molecule has 1 N–H and O–H groups in total. The average molecular weight is 599 g/mol. The van der Waals surface area contributed by atoms with Crippen LogP contribution in [-0.2, 0) is 23.0 Å². The molecule has 4 aromatic rings. The molecular formula is C29H35ClN6O4S. The molecule has 2 aromatic carbocycles. The van der Waals surface area contributed by atoms with E-state index in [1.54, 1.807) is 35.0 Å². The molecule has 218 valence electrons. The fraction of sp³-hybridized carbons (Fsp3) is 0.414. The van der Waals surface area contributed by atoms with E-state index in [0.29, 0.717) is 78.8 Å². The quantitative estimate of drug-likeness (QED) is 0.291. The number of halogens is 1. The first kappa shape index (κ1) is 29.2. The van der Waals surface area contributed by atoms with Gasteiger partial charge in [0.25, 0.3) is 5.56 Å². The molecule has 0 aliphatic carbocycles. The van der Waals surface area contributed by atoms with E-state index in [2.05, 4.69) is 9.88 Å². The summed E-state index contributed by atoms with van der Waals surface area (Å²) in [5, 5.41) is 5.38. The molecule has 0 amide bonds. The highest BCUT2D eigenvalue weighted by molar-refractivity contribution is 7.89. The van der Waals surface area contributed by atoms with Gasteiger partial charge in [-0.25, -0.2) is 13.4 Å². The predicted molar refractivity (Wildman–Crippen MR) is 160 cm³/mol. The van der Waals surface area contributed by atoms with Crippen molar-refractivity contribution in [1.82, 2.24) is 29.0 Å². The molecule has 10 nitrogen and oxygen atoms in total. The number of hydrogen-bond acceptors (Lipinski definition) is 7. The molecular weight excluding hydrogens is 564 g/mol. The first-order valence-electron chi connectivity index (χ1n) is 13.9. The molecule has 1 fully saturated rings. The van der Waals surface area contributed by atoms with E-state index in [-0.39, 0.29) is 16.3 Å². The van der Waals surface area contributed by atoms with E-state index >= 15 is 0 Å². The lowest BCUT2D eigenvalue weighted by Crippen LogP contribution is -2.47. The van der Waals surface area contributed by atoms with Gasteiger partial charge in [0.1, 0.15) is 17.1 Å². The number of hydrogen-bond donors (Lipinski definition) is 1. The van der Waals surface area contributed by atoms with Gasteiger partial charge in [-0.2, -0.15) is 9.40 Å².